The molecule has 6 nitrogen and oxygen atoms in total. The van der Waals surface area contributed by atoms with Crippen LogP contribution in [0.5, 0.6) is 0 Å². The average molecular weight is 372 g/mol. The third-order valence-corrected chi connectivity index (χ3v) is 5.54. The summed E-state index contributed by atoms with van der Waals surface area (Å²) in [6.07, 6.45) is 4.38. The standard InChI is InChI=1S/C20H25FN4O2/c21-16-3-1-14(2-4-16)13-25-19(26)8-7-18(23-25)20(27)22-11-15-9-10-24(12-15)17-5-6-17/h1-4,15,17H,5-13H2,(H,22,27). The normalized spacial score (nSPS) is 23.4. The molecule has 7 heteroatoms. The van der Waals surface area contributed by atoms with Crippen LogP contribution in [-0.4, -0.2) is 53.1 Å². The van der Waals surface area contributed by atoms with Gasteiger partial charge in [0.05, 0.1) is 6.54 Å². The van der Waals surface area contributed by atoms with Crippen LogP contribution in [0.1, 0.15) is 37.7 Å². The van der Waals surface area contributed by atoms with Gasteiger partial charge >= 0.3 is 0 Å². The molecule has 4 rings (SSSR count). The van der Waals surface area contributed by atoms with Gasteiger partial charge in [-0.25, -0.2) is 9.40 Å². The molecule has 1 saturated carbocycles. The number of hydrogen-bond donors (Lipinski definition) is 1. The molecule has 0 aromatic heterocycles. The van der Waals surface area contributed by atoms with Gasteiger partial charge in [-0.1, -0.05) is 12.1 Å². The van der Waals surface area contributed by atoms with Crippen molar-refractivity contribution in [2.45, 2.75) is 44.7 Å². The molecule has 2 fully saturated rings. The van der Waals surface area contributed by atoms with Crippen LogP contribution >= 0.6 is 0 Å². The maximum atomic E-state index is 13.0. The van der Waals surface area contributed by atoms with Crippen molar-refractivity contribution in [2.24, 2.45) is 11.0 Å². The summed E-state index contributed by atoms with van der Waals surface area (Å²) in [5.41, 5.74) is 1.18. The second-order valence-corrected chi connectivity index (χ2v) is 7.72. The largest absolute Gasteiger partial charge is 0.351 e. The van der Waals surface area contributed by atoms with Crippen molar-refractivity contribution >= 4 is 17.5 Å². The quantitative estimate of drug-likeness (QED) is 0.830. The molecule has 27 heavy (non-hydrogen) atoms. The monoisotopic (exact) mass is 372 g/mol. The summed E-state index contributed by atoms with van der Waals surface area (Å²) in [7, 11) is 0. The van der Waals surface area contributed by atoms with Crippen LogP contribution in [0.15, 0.2) is 29.4 Å². The van der Waals surface area contributed by atoms with Crippen LogP contribution < -0.4 is 5.32 Å². The van der Waals surface area contributed by atoms with Gasteiger partial charge < -0.3 is 10.2 Å². The first-order valence-corrected chi connectivity index (χ1v) is 9.73. The Morgan fingerprint density at radius 2 is 1.96 bits per heavy atom. The lowest BCUT2D eigenvalue weighted by atomic mass is 10.1. The second-order valence-electron chi connectivity index (χ2n) is 7.72. The van der Waals surface area contributed by atoms with Crippen LogP contribution in [0.3, 0.4) is 0 Å². The summed E-state index contributed by atoms with van der Waals surface area (Å²) in [6, 6.07) is 6.73. The maximum absolute atomic E-state index is 13.0. The van der Waals surface area contributed by atoms with E-state index < -0.39 is 0 Å². The molecule has 1 N–H and O–H groups in total. The molecular formula is C20H25FN4O2. The van der Waals surface area contributed by atoms with E-state index in [0.717, 1.165) is 31.1 Å². The molecule has 1 saturated heterocycles. The molecule has 2 heterocycles. The Balaban J connectivity index is 1.32. The SMILES string of the molecule is O=C(NCC1CCN(C2CC2)C1)C1=NN(Cc2ccc(F)cc2)C(=O)CC1. The number of carbonyl (C=O) groups is 2. The van der Waals surface area contributed by atoms with E-state index in [1.165, 1.54) is 30.0 Å². The average Bonchev–Trinajstić information content (AvgIpc) is 3.41. The first-order valence-electron chi connectivity index (χ1n) is 9.73. The highest BCUT2D eigenvalue weighted by atomic mass is 19.1. The Morgan fingerprint density at radius 3 is 2.70 bits per heavy atom. The van der Waals surface area contributed by atoms with Crippen molar-refractivity contribution in [1.82, 2.24) is 15.2 Å². The maximum Gasteiger partial charge on any atom is 0.267 e. The Bertz CT molecular complexity index is 745. The van der Waals surface area contributed by atoms with Crippen molar-refractivity contribution in [2.75, 3.05) is 19.6 Å². The van der Waals surface area contributed by atoms with Crippen LogP contribution in [0.4, 0.5) is 4.39 Å². The first kappa shape index (κ1) is 18.1. The first-order chi connectivity index (χ1) is 13.1. The number of likely N-dealkylation sites (tertiary alicyclic amines) is 1. The third kappa shape index (κ3) is 4.53. The zero-order valence-electron chi connectivity index (χ0n) is 15.4. The number of nitrogens with zero attached hydrogens (tertiary/aromatic N) is 3. The molecule has 1 aliphatic carbocycles. The summed E-state index contributed by atoms with van der Waals surface area (Å²) in [5.74, 6) is -0.127. The van der Waals surface area contributed by atoms with Crippen LogP contribution in [0.25, 0.3) is 0 Å². The van der Waals surface area contributed by atoms with Crippen LogP contribution in [0, 0.1) is 11.7 Å². The molecule has 0 bridgehead atoms. The topological polar surface area (TPSA) is 65.0 Å². The fourth-order valence-corrected chi connectivity index (χ4v) is 3.79. The predicted molar refractivity (Wildman–Crippen MR) is 99.3 cm³/mol. The second kappa shape index (κ2) is 7.76. The van der Waals surface area contributed by atoms with E-state index in [9.17, 15) is 14.0 Å². The molecule has 144 valence electrons. The molecule has 3 aliphatic rings. The zero-order chi connectivity index (χ0) is 18.8. The number of rotatable bonds is 6. The highest BCUT2D eigenvalue weighted by molar-refractivity contribution is 6.39. The van der Waals surface area contributed by atoms with Crippen LogP contribution in [0.2, 0.25) is 0 Å². The fourth-order valence-electron chi connectivity index (χ4n) is 3.79. The lowest BCUT2D eigenvalue weighted by Gasteiger charge is -2.23. The molecule has 1 aromatic rings. The highest BCUT2D eigenvalue weighted by Gasteiger charge is 2.34. The molecule has 0 spiro atoms. The molecule has 1 unspecified atom stereocenters. The van der Waals surface area contributed by atoms with Gasteiger partial charge in [0.2, 0.25) is 5.91 Å². The predicted octanol–water partition coefficient (Wildman–Crippen LogP) is 1.90. The van der Waals surface area contributed by atoms with E-state index in [0.29, 0.717) is 24.6 Å². The lowest BCUT2D eigenvalue weighted by molar-refractivity contribution is -0.132. The molecular weight excluding hydrogens is 347 g/mol. The highest BCUT2D eigenvalue weighted by Crippen LogP contribution is 2.31. The van der Waals surface area contributed by atoms with Gasteiger partial charge in [-0.15, -0.1) is 0 Å². The molecule has 0 radical (unpaired) electrons. The minimum atomic E-state index is -0.320. The summed E-state index contributed by atoms with van der Waals surface area (Å²) in [6.45, 7) is 3.10. The molecule has 2 amide bonds. The Kier molecular flexibility index (Phi) is 5.20. The van der Waals surface area contributed by atoms with E-state index in [1.807, 2.05) is 0 Å². The third-order valence-electron chi connectivity index (χ3n) is 5.54. The number of benzene rings is 1. The number of hydrogen-bond acceptors (Lipinski definition) is 4. The molecule has 1 aromatic carbocycles. The van der Waals surface area contributed by atoms with Gasteiger partial charge in [-0.2, -0.15) is 5.10 Å². The van der Waals surface area contributed by atoms with Crippen molar-refractivity contribution < 1.29 is 14.0 Å². The molecule has 1 atom stereocenters. The van der Waals surface area contributed by atoms with Crippen molar-refractivity contribution in [3.8, 4) is 0 Å². The van der Waals surface area contributed by atoms with Crippen LogP contribution in [-0.2, 0) is 16.1 Å². The fraction of sp³-hybridized carbons (Fsp3) is 0.550. The number of nitrogens with one attached hydrogen (secondary N) is 1. The van der Waals surface area contributed by atoms with Crippen molar-refractivity contribution in [3.05, 3.63) is 35.6 Å². The smallest absolute Gasteiger partial charge is 0.267 e. The Labute approximate surface area is 158 Å². The summed E-state index contributed by atoms with van der Waals surface area (Å²) in [4.78, 5) is 27.1. The Morgan fingerprint density at radius 1 is 1.19 bits per heavy atom. The van der Waals surface area contributed by atoms with E-state index in [4.69, 9.17) is 0 Å². The van der Waals surface area contributed by atoms with Gasteiger partial charge in [0.25, 0.3) is 5.91 Å². The molecule has 2 aliphatic heterocycles. The van der Waals surface area contributed by atoms with Gasteiger partial charge in [0, 0.05) is 32.0 Å². The Hall–Kier alpha value is -2.28. The summed E-state index contributed by atoms with van der Waals surface area (Å²) < 4.78 is 13.0. The number of halogens is 1. The summed E-state index contributed by atoms with van der Waals surface area (Å²) >= 11 is 0. The lowest BCUT2D eigenvalue weighted by Crippen LogP contribution is -2.40. The van der Waals surface area contributed by atoms with Gasteiger partial charge in [-0.3, -0.25) is 9.59 Å². The van der Waals surface area contributed by atoms with Gasteiger partial charge in [-0.05, 0) is 49.4 Å². The zero-order valence-corrected chi connectivity index (χ0v) is 15.4. The minimum absolute atomic E-state index is 0.119. The summed E-state index contributed by atoms with van der Waals surface area (Å²) in [5, 5.41) is 8.58. The number of amides is 2. The number of hydrazone groups is 1. The minimum Gasteiger partial charge on any atom is -0.351 e. The van der Waals surface area contributed by atoms with E-state index in [2.05, 4.69) is 15.3 Å². The van der Waals surface area contributed by atoms with Gasteiger partial charge in [0.15, 0.2) is 0 Å². The van der Waals surface area contributed by atoms with Gasteiger partial charge in [0.1, 0.15) is 11.5 Å². The van der Waals surface area contributed by atoms with E-state index in [-0.39, 0.29) is 30.6 Å². The van der Waals surface area contributed by atoms with Crippen molar-refractivity contribution in [3.63, 3.8) is 0 Å². The van der Waals surface area contributed by atoms with E-state index in [1.54, 1.807) is 12.1 Å². The van der Waals surface area contributed by atoms with Crippen molar-refractivity contribution in [1.29, 1.82) is 0 Å². The number of carbonyl (C=O) groups excluding carboxylic acids is 2. The van der Waals surface area contributed by atoms with E-state index >= 15 is 0 Å².